The van der Waals surface area contributed by atoms with E-state index < -0.39 is 0 Å². The SMILES string of the molecule is Cc1nc2ccc(CCc3ccc(C(C)(C)C)cc3)cc2c(=O)[nH]1. The Morgan fingerprint density at radius 3 is 2.25 bits per heavy atom. The van der Waals surface area contributed by atoms with Crippen LogP contribution in [-0.2, 0) is 18.3 Å². The second kappa shape index (κ2) is 6.23. The fourth-order valence-electron chi connectivity index (χ4n) is 2.92. The maximum absolute atomic E-state index is 12.1. The summed E-state index contributed by atoms with van der Waals surface area (Å²) in [6, 6.07) is 14.8. The minimum absolute atomic E-state index is 0.0612. The topological polar surface area (TPSA) is 45.8 Å². The van der Waals surface area contributed by atoms with E-state index in [1.165, 1.54) is 16.7 Å². The molecule has 0 aliphatic rings. The van der Waals surface area contributed by atoms with Crippen molar-refractivity contribution in [2.45, 2.75) is 46.0 Å². The average Bonchev–Trinajstić information content (AvgIpc) is 2.52. The van der Waals surface area contributed by atoms with Crippen molar-refractivity contribution < 1.29 is 0 Å². The predicted octanol–water partition coefficient (Wildman–Crippen LogP) is 4.31. The average molecular weight is 320 g/mol. The van der Waals surface area contributed by atoms with Crippen LogP contribution in [0.1, 0.15) is 43.3 Å². The van der Waals surface area contributed by atoms with Gasteiger partial charge in [0.25, 0.3) is 5.56 Å². The summed E-state index contributed by atoms with van der Waals surface area (Å²) >= 11 is 0. The predicted molar refractivity (Wildman–Crippen MR) is 99.7 cm³/mol. The summed E-state index contributed by atoms with van der Waals surface area (Å²) in [7, 11) is 0. The summed E-state index contributed by atoms with van der Waals surface area (Å²) in [6.07, 6.45) is 1.88. The lowest BCUT2D eigenvalue weighted by Gasteiger charge is -2.19. The first-order valence-corrected chi connectivity index (χ1v) is 8.42. The first-order chi connectivity index (χ1) is 11.3. The van der Waals surface area contributed by atoms with Gasteiger partial charge in [-0.05, 0) is 54.0 Å². The maximum atomic E-state index is 12.1. The Bertz CT molecular complexity index is 915. The first-order valence-electron chi connectivity index (χ1n) is 8.42. The third-order valence-corrected chi connectivity index (χ3v) is 4.41. The smallest absolute Gasteiger partial charge is 0.258 e. The summed E-state index contributed by atoms with van der Waals surface area (Å²) in [5, 5.41) is 0.668. The van der Waals surface area contributed by atoms with Gasteiger partial charge in [0.05, 0.1) is 10.9 Å². The van der Waals surface area contributed by atoms with Gasteiger partial charge in [-0.3, -0.25) is 4.79 Å². The van der Waals surface area contributed by atoms with Crippen LogP contribution in [-0.4, -0.2) is 9.97 Å². The van der Waals surface area contributed by atoms with Crippen molar-refractivity contribution in [1.82, 2.24) is 9.97 Å². The van der Waals surface area contributed by atoms with Gasteiger partial charge in [-0.25, -0.2) is 4.98 Å². The van der Waals surface area contributed by atoms with Crippen LogP contribution in [0, 0.1) is 6.92 Å². The van der Waals surface area contributed by atoms with Crippen molar-refractivity contribution in [3.8, 4) is 0 Å². The van der Waals surface area contributed by atoms with E-state index in [1.807, 2.05) is 12.1 Å². The number of hydrogen-bond acceptors (Lipinski definition) is 2. The molecule has 0 aliphatic heterocycles. The Hall–Kier alpha value is -2.42. The molecule has 0 saturated heterocycles. The fourth-order valence-corrected chi connectivity index (χ4v) is 2.92. The van der Waals surface area contributed by atoms with E-state index in [0.29, 0.717) is 11.2 Å². The molecule has 1 heterocycles. The summed E-state index contributed by atoms with van der Waals surface area (Å²) in [5.41, 5.74) is 4.72. The van der Waals surface area contributed by atoms with Gasteiger partial charge in [0.2, 0.25) is 0 Å². The summed E-state index contributed by atoms with van der Waals surface area (Å²) in [5.74, 6) is 0.652. The van der Waals surface area contributed by atoms with Gasteiger partial charge in [-0.15, -0.1) is 0 Å². The van der Waals surface area contributed by atoms with Crippen molar-refractivity contribution in [3.05, 3.63) is 75.3 Å². The van der Waals surface area contributed by atoms with E-state index in [1.54, 1.807) is 6.92 Å². The highest BCUT2D eigenvalue weighted by Crippen LogP contribution is 2.22. The van der Waals surface area contributed by atoms with Crippen molar-refractivity contribution in [2.75, 3.05) is 0 Å². The van der Waals surface area contributed by atoms with Crippen LogP contribution in [0.25, 0.3) is 10.9 Å². The number of rotatable bonds is 3. The number of nitrogens with one attached hydrogen (secondary N) is 1. The second-order valence-corrected chi connectivity index (χ2v) is 7.45. The number of aromatic amines is 1. The summed E-state index contributed by atoms with van der Waals surface area (Å²) in [4.78, 5) is 19.2. The van der Waals surface area contributed by atoms with E-state index >= 15 is 0 Å². The molecule has 0 amide bonds. The van der Waals surface area contributed by atoms with Gasteiger partial charge in [-0.2, -0.15) is 0 Å². The molecule has 3 aromatic rings. The number of fused-ring (bicyclic) bond motifs is 1. The van der Waals surface area contributed by atoms with E-state index in [9.17, 15) is 4.79 Å². The van der Waals surface area contributed by atoms with Crippen molar-refractivity contribution in [3.63, 3.8) is 0 Å². The van der Waals surface area contributed by atoms with Crippen molar-refractivity contribution in [2.24, 2.45) is 0 Å². The normalized spacial score (nSPS) is 11.8. The largest absolute Gasteiger partial charge is 0.310 e. The highest BCUT2D eigenvalue weighted by molar-refractivity contribution is 5.78. The molecule has 0 unspecified atom stereocenters. The molecule has 0 aliphatic carbocycles. The van der Waals surface area contributed by atoms with Gasteiger partial charge >= 0.3 is 0 Å². The van der Waals surface area contributed by atoms with E-state index in [-0.39, 0.29) is 11.0 Å². The summed E-state index contributed by atoms with van der Waals surface area (Å²) < 4.78 is 0. The number of aryl methyl sites for hydroxylation is 3. The molecular weight excluding hydrogens is 296 g/mol. The third-order valence-electron chi connectivity index (χ3n) is 4.41. The zero-order valence-electron chi connectivity index (χ0n) is 14.8. The fraction of sp³-hybridized carbons (Fsp3) is 0.333. The third kappa shape index (κ3) is 3.56. The number of benzene rings is 2. The molecule has 1 N–H and O–H groups in total. The monoisotopic (exact) mass is 320 g/mol. The Morgan fingerprint density at radius 1 is 0.958 bits per heavy atom. The molecule has 3 nitrogen and oxygen atoms in total. The number of nitrogens with zero attached hydrogens (tertiary/aromatic N) is 1. The lowest BCUT2D eigenvalue weighted by atomic mass is 9.86. The van der Waals surface area contributed by atoms with Crippen LogP contribution in [0.2, 0.25) is 0 Å². The molecular formula is C21H24N2O. The standard InChI is InChI=1S/C21H24N2O/c1-14-22-19-12-9-16(13-18(19)20(24)23-14)6-5-15-7-10-17(11-8-15)21(2,3)4/h7-13H,5-6H2,1-4H3,(H,22,23,24). The minimum atomic E-state index is -0.0612. The minimum Gasteiger partial charge on any atom is -0.310 e. The molecule has 3 heteroatoms. The van der Waals surface area contributed by atoms with E-state index in [4.69, 9.17) is 0 Å². The molecule has 0 spiro atoms. The van der Waals surface area contributed by atoms with Gasteiger partial charge in [0.15, 0.2) is 0 Å². The molecule has 124 valence electrons. The maximum Gasteiger partial charge on any atom is 0.258 e. The molecule has 2 aromatic carbocycles. The van der Waals surface area contributed by atoms with Crippen LogP contribution in [0.5, 0.6) is 0 Å². The molecule has 1 aromatic heterocycles. The Kier molecular flexibility index (Phi) is 4.27. The Morgan fingerprint density at radius 2 is 1.58 bits per heavy atom. The molecule has 3 rings (SSSR count). The van der Waals surface area contributed by atoms with Gasteiger partial charge in [0, 0.05) is 0 Å². The zero-order chi connectivity index (χ0) is 17.3. The van der Waals surface area contributed by atoms with Gasteiger partial charge in [-0.1, -0.05) is 51.1 Å². The van der Waals surface area contributed by atoms with E-state index in [0.717, 1.165) is 18.4 Å². The Balaban J connectivity index is 1.77. The molecule has 0 bridgehead atoms. The zero-order valence-corrected chi connectivity index (χ0v) is 14.8. The quantitative estimate of drug-likeness (QED) is 0.781. The van der Waals surface area contributed by atoms with Gasteiger partial charge < -0.3 is 4.98 Å². The highest BCUT2D eigenvalue weighted by Gasteiger charge is 2.12. The lowest BCUT2D eigenvalue weighted by molar-refractivity contribution is 0.590. The van der Waals surface area contributed by atoms with Crippen molar-refractivity contribution >= 4 is 10.9 Å². The van der Waals surface area contributed by atoms with Crippen molar-refractivity contribution in [1.29, 1.82) is 0 Å². The van der Waals surface area contributed by atoms with Crippen LogP contribution in [0.15, 0.2) is 47.3 Å². The van der Waals surface area contributed by atoms with Crippen LogP contribution in [0.4, 0.5) is 0 Å². The number of aromatic nitrogens is 2. The lowest BCUT2D eigenvalue weighted by Crippen LogP contribution is -2.11. The van der Waals surface area contributed by atoms with Crippen LogP contribution < -0.4 is 5.56 Å². The first kappa shape index (κ1) is 16.4. The summed E-state index contributed by atoms with van der Waals surface area (Å²) in [6.45, 7) is 8.48. The number of hydrogen-bond donors (Lipinski definition) is 1. The molecule has 0 saturated carbocycles. The Labute approximate surface area is 142 Å². The number of H-pyrrole nitrogens is 1. The molecule has 0 radical (unpaired) electrons. The molecule has 0 atom stereocenters. The van der Waals surface area contributed by atoms with Crippen LogP contribution in [0.3, 0.4) is 0 Å². The molecule has 24 heavy (non-hydrogen) atoms. The molecule has 0 fully saturated rings. The van der Waals surface area contributed by atoms with Gasteiger partial charge in [0.1, 0.15) is 5.82 Å². The highest BCUT2D eigenvalue weighted by atomic mass is 16.1. The van der Waals surface area contributed by atoms with E-state index in [2.05, 4.69) is 61.1 Å². The van der Waals surface area contributed by atoms with Crippen LogP contribution >= 0.6 is 0 Å². The second-order valence-electron chi connectivity index (χ2n) is 7.45.